The first-order valence-electron chi connectivity index (χ1n) is 9.15. The van der Waals surface area contributed by atoms with Gasteiger partial charge in [-0.05, 0) is 12.3 Å². The molecular weight excluding hydrogens is 354 g/mol. The summed E-state index contributed by atoms with van der Waals surface area (Å²) < 4.78 is 13.9. The quantitative estimate of drug-likeness (QED) is 0.677. The summed E-state index contributed by atoms with van der Waals surface area (Å²) in [6, 6.07) is 0. The van der Waals surface area contributed by atoms with Crippen molar-refractivity contribution in [3.05, 3.63) is 16.7 Å². The smallest absolute Gasteiger partial charge is 0.280 e. The number of aromatic nitrogens is 4. The van der Waals surface area contributed by atoms with Crippen LogP contribution in [0.4, 0.5) is 5.95 Å². The number of rotatable bonds is 3. The maximum absolute atomic E-state index is 12.4. The lowest BCUT2D eigenvalue weighted by atomic mass is 9.71. The van der Waals surface area contributed by atoms with Crippen LogP contribution in [0.2, 0.25) is 0 Å². The van der Waals surface area contributed by atoms with Gasteiger partial charge in [0.1, 0.15) is 11.7 Å². The third-order valence-corrected chi connectivity index (χ3v) is 6.78. The molecule has 6 atom stereocenters. The van der Waals surface area contributed by atoms with E-state index in [-0.39, 0.29) is 34.8 Å². The van der Waals surface area contributed by atoms with Crippen molar-refractivity contribution in [1.82, 2.24) is 19.5 Å². The summed E-state index contributed by atoms with van der Waals surface area (Å²) in [7, 11) is 0. The molecule has 1 amide bonds. The van der Waals surface area contributed by atoms with Crippen molar-refractivity contribution >= 4 is 23.0 Å². The molecule has 0 bridgehead atoms. The van der Waals surface area contributed by atoms with E-state index >= 15 is 0 Å². The molecule has 2 saturated heterocycles. The van der Waals surface area contributed by atoms with Crippen LogP contribution in [0, 0.1) is 17.3 Å². The number of aliphatic hydroxyl groups excluding tert-OH is 1. The Morgan fingerprint density at radius 2 is 2.33 bits per heavy atom. The molecule has 2 aliphatic heterocycles. The molecule has 2 saturated carbocycles. The summed E-state index contributed by atoms with van der Waals surface area (Å²) in [4.78, 5) is 35.4. The first-order chi connectivity index (χ1) is 12.9. The highest BCUT2D eigenvalue weighted by molar-refractivity contribution is 5.91. The summed E-state index contributed by atoms with van der Waals surface area (Å²) in [5, 5.41) is 13.0. The number of hydrogen-bond donors (Lipinski definition) is 3. The molecule has 1 spiro atoms. The lowest BCUT2D eigenvalue weighted by Gasteiger charge is -2.31. The number of amides is 1. The maximum atomic E-state index is 12.4. The topological polar surface area (TPSA) is 131 Å². The number of nitrogens with zero attached hydrogens (tertiary/aromatic N) is 3. The molecular formula is C17H19N5O5. The van der Waals surface area contributed by atoms with Gasteiger partial charge in [-0.2, -0.15) is 4.98 Å². The zero-order valence-corrected chi connectivity index (χ0v) is 14.8. The second-order valence-electron chi connectivity index (χ2n) is 8.27. The number of nitrogens with one attached hydrogen (secondary N) is 2. The van der Waals surface area contributed by atoms with Gasteiger partial charge in [-0.1, -0.05) is 13.8 Å². The number of H-pyrrole nitrogens is 1. The van der Waals surface area contributed by atoms with Gasteiger partial charge >= 0.3 is 0 Å². The van der Waals surface area contributed by atoms with Crippen molar-refractivity contribution in [1.29, 1.82) is 0 Å². The van der Waals surface area contributed by atoms with Gasteiger partial charge < -0.3 is 14.6 Å². The first kappa shape index (κ1) is 15.7. The fourth-order valence-corrected chi connectivity index (χ4v) is 5.42. The molecule has 4 aliphatic rings. The van der Waals surface area contributed by atoms with E-state index in [2.05, 4.69) is 20.3 Å². The summed E-state index contributed by atoms with van der Waals surface area (Å²) in [6.45, 7) is 4.12. The molecule has 2 aliphatic carbocycles. The Morgan fingerprint density at radius 1 is 1.52 bits per heavy atom. The predicted octanol–water partition coefficient (Wildman–Crippen LogP) is -0.239. The standard InChI is InChI=1S/C17H19N5O5/c1-6(2)11(23)20-15-19-10-8(12(24)21-15)18-5-22(10)13-9-17-7(4-26-9)3-16(17,27-13)14(17)25/h5-7,9,13-14,25H,3-4H2,1-2H3,(H2,19,20,21,23,24)/t7?,9-,13+,14?,16+,17-/m0/s1. The van der Waals surface area contributed by atoms with Crippen molar-refractivity contribution in [3.63, 3.8) is 0 Å². The van der Waals surface area contributed by atoms with Gasteiger partial charge in [0.05, 0.1) is 24.5 Å². The van der Waals surface area contributed by atoms with Crippen LogP contribution >= 0.6 is 0 Å². The van der Waals surface area contributed by atoms with E-state index in [9.17, 15) is 14.7 Å². The molecule has 10 heteroatoms. The van der Waals surface area contributed by atoms with Crippen LogP contribution in [0.15, 0.2) is 11.1 Å². The molecule has 2 aromatic rings. The van der Waals surface area contributed by atoms with Gasteiger partial charge in [0.2, 0.25) is 11.9 Å². The summed E-state index contributed by atoms with van der Waals surface area (Å²) >= 11 is 0. The lowest BCUT2D eigenvalue weighted by Crippen LogP contribution is -2.38. The van der Waals surface area contributed by atoms with Crippen LogP contribution in [0.1, 0.15) is 26.5 Å². The second kappa shape index (κ2) is 4.57. The highest BCUT2D eigenvalue weighted by Gasteiger charge is 2.97. The van der Waals surface area contributed by atoms with Gasteiger partial charge in [-0.25, -0.2) is 4.98 Å². The van der Waals surface area contributed by atoms with Crippen molar-refractivity contribution in [2.24, 2.45) is 17.3 Å². The Labute approximate surface area is 152 Å². The average molecular weight is 373 g/mol. The van der Waals surface area contributed by atoms with Gasteiger partial charge in [-0.3, -0.25) is 24.5 Å². The number of carbonyl (C=O) groups is 1. The Hall–Kier alpha value is -2.30. The Kier molecular flexibility index (Phi) is 2.66. The fourth-order valence-electron chi connectivity index (χ4n) is 5.42. The number of carbonyl (C=O) groups excluding carboxylic acids is 1. The number of aliphatic hydroxyl groups is 1. The van der Waals surface area contributed by atoms with E-state index in [4.69, 9.17) is 9.47 Å². The Morgan fingerprint density at radius 3 is 3.11 bits per heavy atom. The van der Waals surface area contributed by atoms with Crippen LogP contribution in [0.25, 0.3) is 11.2 Å². The molecule has 2 unspecified atom stereocenters. The van der Waals surface area contributed by atoms with Crippen LogP contribution in [0.3, 0.4) is 0 Å². The Balaban J connectivity index is 1.42. The van der Waals surface area contributed by atoms with E-state index in [1.807, 2.05) is 0 Å². The minimum Gasteiger partial charge on any atom is -0.389 e. The highest BCUT2D eigenvalue weighted by Crippen LogP contribution is 2.85. The molecule has 10 nitrogen and oxygen atoms in total. The average Bonchev–Trinajstić information content (AvgIpc) is 3.02. The summed E-state index contributed by atoms with van der Waals surface area (Å²) in [5.74, 6) is -0.113. The van der Waals surface area contributed by atoms with Crippen molar-refractivity contribution in [2.45, 2.75) is 44.3 Å². The largest absolute Gasteiger partial charge is 0.389 e. The predicted molar refractivity (Wildman–Crippen MR) is 90.8 cm³/mol. The molecule has 3 N–H and O–H groups in total. The highest BCUT2D eigenvalue weighted by atomic mass is 16.6. The molecule has 4 fully saturated rings. The number of anilines is 1. The number of fused-ring (bicyclic) bond motifs is 1. The molecule has 6 rings (SSSR count). The molecule has 4 heterocycles. The Bertz CT molecular complexity index is 1060. The third kappa shape index (κ3) is 1.56. The normalized spacial score (nSPS) is 40.7. The number of hydrogen-bond acceptors (Lipinski definition) is 7. The van der Waals surface area contributed by atoms with E-state index in [1.54, 1.807) is 18.4 Å². The summed E-state index contributed by atoms with van der Waals surface area (Å²) in [6.07, 6.45) is 1.00. The van der Waals surface area contributed by atoms with Crippen molar-refractivity contribution in [2.75, 3.05) is 11.9 Å². The van der Waals surface area contributed by atoms with E-state index in [0.717, 1.165) is 6.42 Å². The van der Waals surface area contributed by atoms with Crippen LogP contribution < -0.4 is 10.9 Å². The summed E-state index contributed by atoms with van der Waals surface area (Å²) in [5.41, 5.74) is -0.817. The maximum Gasteiger partial charge on any atom is 0.280 e. The fraction of sp³-hybridized carbons (Fsp3) is 0.647. The van der Waals surface area contributed by atoms with Crippen LogP contribution in [-0.4, -0.2) is 54.9 Å². The zero-order valence-electron chi connectivity index (χ0n) is 14.8. The van der Waals surface area contributed by atoms with Gasteiger partial charge in [0, 0.05) is 5.92 Å². The molecule has 27 heavy (non-hydrogen) atoms. The second-order valence-corrected chi connectivity index (χ2v) is 8.27. The van der Waals surface area contributed by atoms with E-state index < -0.39 is 23.5 Å². The van der Waals surface area contributed by atoms with Gasteiger partial charge in [0.25, 0.3) is 5.56 Å². The lowest BCUT2D eigenvalue weighted by molar-refractivity contribution is -0.130. The van der Waals surface area contributed by atoms with Gasteiger partial charge in [-0.15, -0.1) is 0 Å². The molecule has 0 aromatic carbocycles. The number of aromatic amines is 1. The number of imidazole rings is 1. The van der Waals surface area contributed by atoms with Crippen LogP contribution in [-0.2, 0) is 14.3 Å². The third-order valence-electron chi connectivity index (χ3n) is 6.78. The minimum atomic E-state index is -0.532. The van der Waals surface area contributed by atoms with E-state index in [1.165, 1.54) is 6.33 Å². The first-order valence-corrected chi connectivity index (χ1v) is 9.15. The minimum absolute atomic E-state index is 0.0701. The van der Waals surface area contributed by atoms with Crippen LogP contribution in [0.5, 0.6) is 0 Å². The molecule has 0 radical (unpaired) electrons. The number of ether oxygens (including phenoxy) is 2. The van der Waals surface area contributed by atoms with Crippen molar-refractivity contribution in [3.8, 4) is 0 Å². The zero-order chi connectivity index (χ0) is 18.7. The monoisotopic (exact) mass is 373 g/mol. The van der Waals surface area contributed by atoms with Gasteiger partial charge in [0.15, 0.2) is 17.4 Å². The van der Waals surface area contributed by atoms with E-state index in [0.29, 0.717) is 18.2 Å². The molecule has 2 aromatic heterocycles. The molecule has 142 valence electrons. The van der Waals surface area contributed by atoms with Crippen molar-refractivity contribution < 1.29 is 19.4 Å². The SMILES string of the molecule is CC(C)C(=O)Nc1nc2c(ncn2[C@@H]2O[C@@]34CC5CO[C@@H]2[C@]53C4O)c(=O)[nH]1.